The van der Waals surface area contributed by atoms with Gasteiger partial charge in [-0.3, -0.25) is 9.59 Å². The van der Waals surface area contributed by atoms with Gasteiger partial charge in [-0.05, 0) is 32.1 Å². The molecule has 0 aromatic carbocycles. The second-order valence-corrected chi connectivity index (χ2v) is 4.81. The van der Waals surface area contributed by atoms with Crippen LogP contribution < -0.4 is 0 Å². The predicted octanol–water partition coefficient (Wildman–Crippen LogP) is 3.03. The first-order valence-electron chi connectivity index (χ1n) is 6.40. The molecule has 1 aliphatic carbocycles. The van der Waals surface area contributed by atoms with Crippen molar-refractivity contribution in [3.05, 3.63) is 0 Å². The zero-order valence-electron chi connectivity index (χ0n) is 10.1. The summed E-state index contributed by atoms with van der Waals surface area (Å²) < 4.78 is 0. The maximum Gasteiger partial charge on any atom is 0.306 e. The number of ketones is 1. The van der Waals surface area contributed by atoms with Crippen LogP contribution in [0.2, 0.25) is 0 Å². The molecule has 0 saturated heterocycles. The fourth-order valence-electron chi connectivity index (χ4n) is 2.42. The Labute approximate surface area is 97.2 Å². The zero-order valence-corrected chi connectivity index (χ0v) is 10.1. The lowest BCUT2D eigenvalue weighted by Gasteiger charge is -2.24. The molecule has 1 aliphatic rings. The van der Waals surface area contributed by atoms with E-state index in [0.29, 0.717) is 25.0 Å². The summed E-state index contributed by atoms with van der Waals surface area (Å²) in [6.45, 7) is 2.13. The van der Waals surface area contributed by atoms with Gasteiger partial charge in [0, 0.05) is 12.3 Å². The third kappa shape index (κ3) is 3.95. The second kappa shape index (κ2) is 6.66. The molecule has 0 unspecified atom stereocenters. The number of carbonyl (C=O) groups excluding carboxylic acids is 1. The van der Waals surface area contributed by atoms with E-state index in [9.17, 15) is 9.59 Å². The number of aliphatic carboxylic acids is 1. The van der Waals surface area contributed by atoms with Crippen LogP contribution in [-0.2, 0) is 9.59 Å². The van der Waals surface area contributed by atoms with E-state index in [4.69, 9.17) is 5.11 Å². The minimum Gasteiger partial charge on any atom is -0.481 e. The number of Topliss-reactive ketones (excluding diaryl/α,β-unsaturated/α-hetero) is 1. The lowest BCUT2D eigenvalue weighted by atomic mass is 9.79. The van der Waals surface area contributed by atoms with Gasteiger partial charge in [-0.25, -0.2) is 0 Å². The van der Waals surface area contributed by atoms with E-state index in [1.165, 1.54) is 0 Å². The average molecular weight is 226 g/mol. The monoisotopic (exact) mass is 226 g/mol. The Morgan fingerprint density at radius 1 is 1.06 bits per heavy atom. The topological polar surface area (TPSA) is 54.4 Å². The van der Waals surface area contributed by atoms with Crippen molar-refractivity contribution in [1.29, 1.82) is 0 Å². The Bertz CT molecular complexity index is 240. The van der Waals surface area contributed by atoms with Crippen LogP contribution in [-0.4, -0.2) is 16.9 Å². The van der Waals surface area contributed by atoms with Crippen molar-refractivity contribution in [2.75, 3.05) is 0 Å². The molecule has 0 aromatic heterocycles. The molecule has 0 atom stereocenters. The molecule has 0 radical (unpaired) electrons. The van der Waals surface area contributed by atoms with E-state index >= 15 is 0 Å². The van der Waals surface area contributed by atoms with E-state index in [0.717, 1.165) is 32.1 Å². The molecular weight excluding hydrogens is 204 g/mol. The Morgan fingerprint density at radius 2 is 1.62 bits per heavy atom. The van der Waals surface area contributed by atoms with E-state index < -0.39 is 5.97 Å². The molecule has 0 spiro atoms. The Kier molecular flexibility index (Phi) is 5.50. The maximum atomic E-state index is 11.8. The number of rotatable bonds is 6. The van der Waals surface area contributed by atoms with Crippen molar-refractivity contribution < 1.29 is 14.7 Å². The zero-order chi connectivity index (χ0) is 12.0. The van der Waals surface area contributed by atoms with Crippen LogP contribution in [0.1, 0.15) is 58.3 Å². The van der Waals surface area contributed by atoms with Crippen LogP contribution >= 0.6 is 0 Å². The van der Waals surface area contributed by atoms with E-state index in [-0.39, 0.29) is 11.8 Å². The fourth-order valence-corrected chi connectivity index (χ4v) is 2.42. The van der Waals surface area contributed by atoms with Crippen molar-refractivity contribution in [2.24, 2.45) is 11.8 Å². The molecule has 0 bridgehead atoms. The van der Waals surface area contributed by atoms with Crippen molar-refractivity contribution in [3.63, 3.8) is 0 Å². The Hall–Kier alpha value is -0.860. The lowest BCUT2D eigenvalue weighted by Crippen LogP contribution is -2.25. The SMILES string of the molecule is CCCCCC(=O)C1CCC(C(=O)O)CC1. The predicted molar refractivity (Wildman–Crippen MR) is 62.2 cm³/mol. The highest BCUT2D eigenvalue weighted by molar-refractivity contribution is 5.81. The molecule has 1 saturated carbocycles. The summed E-state index contributed by atoms with van der Waals surface area (Å²) >= 11 is 0. The van der Waals surface area contributed by atoms with Gasteiger partial charge in [0.25, 0.3) is 0 Å². The molecule has 0 amide bonds. The normalized spacial score (nSPS) is 25.3. The van der Waals surface area contributed by atoms with Crippen LogP contribution in [0, 0.1) is 11.8 Å². The molecule has 3 nitrogen and oxygen atoms in total. The van der Waals surface area contributed by atoms with Gasteiger partial charge in [-0.15, -0.1) is 0 Å². The summed E-state index contributed by atoms with van der Waals surface area (Å²) in [6, 6.07) is 0. The minimum absolute atomic E-state index is 0.146. The van der Waals surface area contributed by atoms with Crippen LogP contribution in [0.25, 0.3) is 0 Å². The van der Waals surface area contributed by atoms with Gasteiger partial charge in [0.15, 0.2) is 0 Å². The molecule has 0 aromatic rings. The maximum absolute atomic E-state index is 11.8. The van der Waals surface area contributed by atoms with E-state index in [1.54, 1.807) is 0 Å². The van der Waals surface area contributed by atoms with Gasteiger partial charge in [0.05, 0.1) is 5.92 Å². The first-order valence-corrected chi connectivity index (χ1v) is 6.40. The van der Waals surface area contributed by atoms with Crippen molar-refractivity contribution in [3.8, 4) is 0 Å². The quantitative estimate of drug-likeness (QED) is 0.708. The molecule has 1 fully saturated rings. The molecule has 1 N–H and O–H groups in total. The first-order chi connectivity index (χ1) is 7.65. The number of hydrogen-bond donors (Lipinski definition) is 1. The van der Waals surface area contributed by atoms with Gasteiger partial charge < -0.3 is 5.11 Å². The molecule has 3 heteroatoms. The fraction of sp³-hybridized carbons (Fsp3) is 0.846. The number of carbonyl (C=O) groups is 2. The Balaban J connectivity index is 2.25. The minimum atomic E-state index is -0.697. The molecule has 0 aliphatic heterocycles. The lowest BCUT2D eigenvalue weighted by molar-refractivity contribution is -0.144. The second-order valence-electron chi connectivity index (χ2n) is 4.81. The highest BCUT2D eigenvalue weighted by Gasteiger charge is 2.28. The van der Waals surface area contributed by atoms with Gasteiger partial charge in [0.2, 0.25) is 0 Å². The average Bonchev–Trinajstić information content (AvgIpc) is 2.29. The molecule has 1 rings (SSSR count). The summed E-state index contributed by atoms with van der Waals surface area (Å²) in [5, 5.41) is 8.85. The van der Waals surface area contributed by atoms with Gasteiger partial charge >= 0.3 is 5.97 Å². The number of hydrogen-bond acceptors (Lipinski definition) is 2. The van der Waals surface area contributed by atoms with Crippen LogP contribution in [0.15, 0.2) is 0 Å². The van der Waals surface area contributed by atoms with Crippen molar-refractivity contribution >= 4 is 11.8 Å². The molecule has 0 heterocycles. The largest absolute Gasteiger partial charge is 0.481 e. The first kappa shape index (κ1) is 13.2. The summed E-state index contributed by atoms with van der Waals surface area (Å²) in [6.07, 6.45) is 6.86. The highest BCUT2D eigenvalue weighted by Crippen LogP contribution is 2.30. The van der Waals surface area contributed by atoms with Crippen molar-refractivity contribution in [1.82, 2.24) is 0 Å². The van der Waals surface area contributed by atoms with Crippen LogP contribution in [0.3, 0.4) is 0 Å². The number of carboxylic acids is 1. The van der Waals surface area contributed by atoms with Gasteiger partial charge in [-0.2, -0.15) is 0 Å². The van der Waals surface area contributed by atoms with E-state index in [2.05, 4.69) is 6.92 Å². The molecule has 92 valence electrons. The van der Waals surface area contributed by atoms with Gasteiger partial charge in [0.1, 0.15) is 5.78 Å². The number of unbranched alkanes of at least 4 members (excludes halogenated alkanes) is 2. The molecular formula is C13H22O3. The van der Waals surface area contributed by atoms with Crippen LogP contribution in [0.4, 0.5) is 0 Å². The van der Waals surface area contributed by atoms with Crippen LogP contribution in [0.5, 0.6) is 0 Å². The standard InChI is InChI=1S/C13H22O3/c1-2-3-4-5-12(14)10-6-8-11(9-7-10)13(15)16/h10-11H,2-9H2,1H3,(H,15,16). The Morgan fingerprint density at radius 3 is 2.12 bits per heavy atom. The number of carboxylic acid groups (broad SMARTS) is 1. The summed E-state index contributed by atoms with van der Waals surface area (Å²) in [5.74, 6) is -0.402. The van der Waals surface area contributed by atoms with Gasteiger partial charge in [-0.1, -0.05) is 19.8 Å². The summed E-state index contributed by atoms with van der Waals surface area (Å²) in [5.41, 5.74) is 0. The van der Waals surface area contributed by atoms with Crippen molar-refractivity contribution in [2.45, 2.75) is 58.3 Å². The summed E-state index contributed by atoms with van der Waals surface area (Å²) in [4.78, 5) is 22.6. The molecule has 16 heavy (non-hydrogen) atoms. The highest BCUT2D eigenvalue weighted by atomic mass is 16.4. The van der Waals surface area contributed by atoms with E-state index in [1.807, 2.05) is 0 Å². The third-order valence-corrected chi connectivity index (χ3v) is 3.56. The summed E-state index contributed by atoms with van der Waals surface area (Å²) in [7, 11) is 0. The smallest absolute Gasteiger partial charge is 0.306 e. The third-order valence-electron chi connectivity index (χ3n) is 3.56.